The fourth-order valence-corrected chi connectivity index (χ4v) is 5.22. The third kappa shape index (κ3) is 2.58. The van der Waals surface area contributed by atoms with Gasteiger partial charge in [0, 0.05) is 36.8 Å². The maximum Gasteiger partial charge on any atom is 0.341 e. The quantitative estimate of drug-likeness (QED) is 0.657. The summed E-state index contributed by atoms with van der Waals surface area (Å²) in [6.07, 6.45) is 5.15. The Morgan fingerprint density at radius 3 is 2.62 bits per heavy atom. The second-order valence-electron chi connectivity index (χ2n) is 8.51. The molecule has 0 amide bonds. The molecule has 5 rings (SSSR count). The van der Waals surface area contributed by atoms with Gasteiger partial charge in [-0.2, -0.15) is 0 Å². The van der Waals surface area contributed by atoms with Gasteiger partial charge < -0.3 is 25.6 Å². The number of nitrogens with two attached hydrogens (primary N) is 1. The van der Waals surface area contributed by atoms with Crippen LogP contribution in [0.25, 0.3) is 10.9 Å². The first-order valence-electron chi connectivity index (χ1n) is 9.80. The number of hydrogen-bond acceptors (Lipinski definition) is 5. The molecule has 2 aliphatic carbocycles. The third-order valence-corrected chi connectivity index (χ3v) is 7.10. The number of fused-ring (bicyclic) bond motifs is 1. The van der Waals surface area contributed by atoms with Crippen molar-refractivity contribution in [2.24, 2.45) is 5.41 Å². The summed E-state index contributed by atoms with van der Waals surface area (Å²) in [4.78, 5) is 26.3. The van der Waals surface area contributed by atoms with Gasteiger partial charge in [-0.15, -0.1) is 0 Å². The van der Waals surface area contributed by atoms with Crippen LogP contribution < -0.4 is 21.4 Å². The van der Waals surface area contributed by atoms with E-state index in [0.29, 0.717) is 18.6 Å². The van der Waals surface area contributed by atoms with E-state index in [1.807, 2.05) is 11.9 Å². The fraction of sp³-hybridized carbons (Fsp3) is 0.500. The Hall–Kier alpha value is -2.32. The topological polar surface area (TPSA) is 101 Å². The van der Waals surface area contributed by atoms with Gasteiger partial charge in [0.05, 0.1) is 27.3 Å². The molecule has 2 heterocycles. The van der Waals surface area contributed by atoms with Crippen molar-refractivity contribution in [3.05, 3.63) is 32.8 Å². The van der Waals surface area contributed by atoms with E-state index in [-0.39, 0.29) is 39.3 Å². The van der Waals surface area contributed by atoms with Crippen molar-refractivity contribution in [3.63, 3.8) is 0 Å². The molecule has 2 aromatic rings. The third-order valence-electron chi connectivity index (χ3n) is 6.74. The molecule has 1 spiro atoms. The minimum absolute atomic E-state index is 0.0322. The zero-order valence-electron chi connectivity index (χ0n) is 16.0. The molecule has 0 unspecified atom stereocenters. The monoisotopic (exact) mass is 420 g/mol. The highest BCUT2D eigenvalue weighted by Crippen LogP contribution is 2.55. The Bertz CT molecular complexity index is 1120. The van der Waals surface area contributed by atoms with Crippen molar-refractivity contribution in [1.29, 1.82) is 0 Å². The zero-order chi connectivity index (χ0) is 20.7. The summed E-state index contributed by atoms with van der Waals surface area (Å²) in [5.41, 5.74) is 5.18. The van der Waals surface area contributed by atoms with E-state index < -0.39 is 22.8 Å². The lowest BCUT2D eigenvalue weighted by Crippen LogP contribution is -2.34. The number of nitrogens with zero attached hydrogens (tertiary/aromatic N) is 2. The predicted octanol–water partition coefficient (Wildman–Crippen LogP) is 2.60. The molecule has 0 bridgehead atoms. The van der Waals surface area contributed by atoms with Crippen molar-refractivity contribution < 1.29 is 14.3 Å². The van der Waals surface area contributed by atoms with Crippen molar-refractivity contribution in [2.75, 3.05) is 30.8 Å². The Morgan fingerprint density at radius 1 is 1.41 bits per heavy atom. The molecule has 154 valence electrons. The van der Waals surface area contributed by atoms with E-state index in [1.54, 1.807) is 4.57 Å². The number of likely N-dealkylation sites (N-methyl/N-ethyl adjacent to an activating group) is 1. The Labute approximate surface area is 171 Å². The summed E-state index contributed by atoms with van der Waals surface area (Å²) in [5, 5.41) is 12.7. The largest absolute Gasteiger partial charge is 0.477 e. The van der Waals surface area contributed by atoms with Gasteiger partial charge in [0.1, 0.15) is 5.56 Å². The smallest absolute Gasteiger partial charge is 0.341 e. The predicted molar refractivity (Wildman–Crippen MR) is 110 cm³/mol. The van der Waals surface area contributed by atoms with Crippen LogP contribution in [0.1, 0.15) is 42.1 Å². The highest BCUT2D eigenvalue weighted by atomic mass is 35.5. The van der Waals surface area contributed by atoms with E-state index in [2.05, 4.69) is 5.32 Å². The van der Waals surface area contributed by atoms with E-state index in [4.69, 9.17) is 17.3 Å². The van der Waals surface area contributed by atoms with Crippen molar-refractivity contribution in [1.82, 2.24) is 9.88 Å². The van der Waals surface area contributed by atoms with Gasteiger partial charge in [-0.1, -0.05) is 11.6 Å². The number of aromatic nitrogens is 1. The standard InChI is InChI=1S/C20H22ClFN4O3/c1-24-11-7-25(8-20(11)4-5-20)17-13(21)16-12(15(23)14(17)22)18(27)10(19(28)29)6-26(16)9-2-3-9/h6,9,11,24H,2-5,7-8,23H2,1H3,(H,28,29)/t11-/m1/s1. The van der Waals surface area contributed by atoms with Gasteiger partial charge in [-0.05, 0) is 32.7 Å². The molecule has 1 atom stereocenters. The summed E-state index contributed by atoms with van der Waals surface area (Å²) < 4.78 is 17.1. The van der Waals surface area contributed by atoms with Crippen molar-refractivity contribution in [3.8, 4) is 0 Å². The average Bonchev–Trinajstić information content (AvgIpc) is 3.58. The van der Waals surface area contributed by atoms with Crippen LogP contribution in [0.15, 0.2) is 11.0 Å². The number of rotatable bonds is 4. The maximum atomic E-state index is 15.4. The molecule has 1 aromatic heterocycles. The van der Waals surface area contributed by atoms with Crippen LogP contribution in [0.3, 0.4) is 0 Å². The van der Waals surface area contributed by atoms with Gasteiger partial charge >= 0.3 is 5.97 Å². The highest BCUT2D eigenvalue weighted by molar-refractivity contribution is 6.38. The van der Waals surface area contributed by atoms with Gasteiger partial charge in [0.2, 0.25) is 5.43 Å². The number of carboxylic acid groups (broad SMARTS) is 1. The number of nitrogen functional groups attached to an aromatic ring is 1. The van der Waals surface area contributed by atoms with Gasteiger partial charge in [0.15, 0.2) is 5.82 Å². The summed E-state index contributed by atoms with van der Waals surface area (Å²) in [5.74, 6) is -2.12. The normalized spacial score (nSPS) is 22.6. The number of hydrogen-bond donors (Lipinski definition) is 3. The van der Waals surface area contributed by atoms with E-state index in [1.165, 1.54) is 6.20 Å². The molecular formula is C20H22ClFN4O3. The number of anilines is 2. The van der Waals surface area contributed by atoms with E-state index >= 15 is 4.39 Å². The second kappa shape index (κ2) is 6.09. The number of aromatic carboxylic acids is 1. The summed E-state index contributed by atoms with van der Waals surface area (Å²) >= 11 is 6.72. The first-order chi connectivity index (χ1) is 13.8. The summed E-state index contributed by atoms with van der Waals surface area (Å²) in [6.45, 7) is 1.26. The van der Waals surface area contributed by atoms with Crippen LogP contribution in [0.5, 0.6) is 0 Å². The SMILES string of the molecule is CN[C@@H]1CN(c2c(F)c(N)c3c(=O)c(C(=O)O)cn(C4CC4)c3c2Cl)CC12CC2. The molecule has 1 aromatic carbocycles. The molecule has 2 saturated carbocycles. The van der Waals surface area contributed by atoms with Crippen LogP contribution >= 0.6 is 11.6 Å². The molecule has 3 aliphatic rings. The first kappa shape index (κ1) is 18.7. The Kier molecular flexibility index (Phi) is 3.93. The van der Waals surface area contributed by atoms with Crippen LogP contribution in [0.2, 0.25) is 5.02 Å². The van der Waals surface area contributed by atoms with Crippen LogP contribution in [0.4, 0.5) is 15.8 Å². The maximum absolute atomic E-state index is 15.4. The molecule has 9 heteroatoms. The number of carboxylic acids is 1. The van der Waals surface area contributed by atoms with Gasteiger partial charge in [-0.25, -0.2) is 9.18 Å². The number of benzene rings is 1. The number of pyridine rings is 1. The Morgan fingerprint density at radius 2 is 2.10 bits per heavy atom. The molecule has 29 heavy (non-hydrogen) atoms. The number of carbonyl (C=O) groups is 1. The molecule has 3 fully saturated rings. The molecule has 1 saturated heterocycles. The molecule has 0 radical (unpaired) electrons. The fourth-order valence-electron chi connectivity index (χ4n) is 4.83. The van der Waals surface area contributed by atoms with Crippen molar-refractivity contribution in [2.45, 2.75) is 37.8 Å². The van der Waals surface area contributed by atoms with E-state index in [0.717, 1.165) is 25.7 Å². The Balaban J connectivity index is 1.78. The first-order valence-corrected chi connectivity index (χ1v) is 10.2. The zero-order valence-corrected chi connectivity index (χ0v) is 16.7. The summed E-state index contributed by atoms with van der Waals surface area (Å²) in [7, 11) is 1.90. The average molecular weight is 421 g/mol. The molecule has 7 nitrogen and oxygen atoms in total. The molecule has 1 aliphatic heterocycles. The minimum Gasteiger partial charge on any atom is -0.477 e. The lowest BCUT2D eigenvalue weighted by molar-refractivity contribution is 0.0695. The molecule has 4 N–H and O–H groups in total. The molecular weight excluding hydrogens is 399 g/mol. The van der Waals surface area contributed by atoms with Crippen LogP contribution in [-0.4, -0.2) is 41.8 Å². The summed E-state index contributed by atoms with van der Waals surface area (Å²) in [6, 6.07) is 0.264. The van der Waals surface area contributed by atoms with E-state index in [9.17, 15) is 14.7 Å². The minimum atomic E-state index is -1.36. The second-order valence-corrected chi connectivity index (χ2v) is 8.89. The van der Waals surface area contributed by atoms with Gasteiger partial charge in [0.25, 0.3) is 0 Å². The number of halogens is 2. The lowest BCUT2D eigenvalue weighted by Gasteiger charge is -2.24. The highest BCUT2D eigenvalue weighted by Gasteiger charge is 2.55. The van der Waals surface area contributed by atoms with Crippen molar-refractivity contribution >= 4 is 39.8 Å². The van der Waals surface area contributed by atoms with Gasteiger partial charge in [-0.3, -0.25) is 4.79 Å². The lowest BCUT2D eigenvalue weighted by atomic mass is 10.0. The van der Waals surface area contributed by atoms with Crippen LogP contribution in [0, 0.1) is 11.2 Å². The van der Waals surface area contributed by atoms with Crippen LogP contribution in [-0.2, 0) is 0 Å². The number of nitrogens with one attached hydrogen (secondary N) is 1.